The highest BCUT2D eigenvalue weighted by atomic mass is 16.5. The molecule has 82 valence electrons. The number of ether oxygens (including phenoxy) is 1. The molecule has 0 bridgehead atoms. The Balaban J connectivity index is 1.99. The van der Waals surface area contributed by atoms with Crippen molar-refractivity contribution in [3.05, 3.63) is 22.6 Å². The van der Waals surface area contributed by atoms with Crippen molar-refractivity contribution in [2.24, 2.45) is 0 Å². The summed E-state index contributed by atoms with van der Waals surface area (Å²) < 4.78 is 5.45. The molecule has 2 atom stereocenters. The Hall–Kier alpha value is -1.36. The number of anilines is 1. The summed E-state index contributed by atoms with van der Waals surface area (Å²) in [5, 5.41) is 9.37. The molecule has 0 amide bonds. The molecule has 2 unspecified atom stereocenters. The average molecular weight is 209 g/mol. The monoisotopic (exact) mass is 209 g/mol. The fourth-order valence-electron chi connectivity index (χ4n) is 1.82. The summed E-state index contributed by atoms with van der Waals surface area (Å²) in [6.45, 7) is 2.83. The van der Waals surface area contributed by atoms with Crippen LogP contribution in [0.25, 0.3) is 0 Å². The quantitative estimate of drug-likeness (QED) is 0.754. The summed E-state index contributed by atoms with van der Waals surface area (Å²) in [6, 6.07) is 1.89. The van der Waals surface area contributed by atoms with Crippen molar-refractivity contribution in [2.45, 2.75) is 31.9 Å². The molecular formula is C10H15N3O2. The van der Waals surface area contributed by atoms with Crippen molar-refractivity contribution >= 4 is 5.69 Å². The van der Waals surface area contributed by atoms with Gasteiger partial charge in [-0.1, -0.05) is 0 Å². The molecule has 0 radical (unpaired) electrons. The third kappa shape index (κ3) is 2.79. The van der Waals surface area contributed by atoms with Crippen molar-refractivity contribution in [1.82, 2.24) is 10.2 Å². The fraction of sp³-hybridized carbons (Fsp3) is 0.600. The minimum absolute atomic E-state index is 0.180. The highest BCUT2D eigenvalue weighted by Gasteiger charge is 2.18. The van der Waals surface area contributed by atoms with E-state index in [0.29, 0.717) is 6.04 Å². The third-order valence-electron chi connectivity index (χ3n) is 2.52. The van der Waals surface area contributed by atoms with E-state index in [2.05, 4.69) is 22.4 Å². The van der Waals surface area contributed by atoms with E-state index in [1.165, 1.54) is 6.07 Å². The van der Waals surface area contributed by atoms with Gasteiger partial charge in [0.25, 0.3) is 5.56 Å². The van der Waals surface area contributed by atoms with Gasteiger partial charge in [-0.3, -0.25) is 4.79 Å². The average Bonchev–Trinajstić information content (AvgIpc) is 2.17. The van der Waals surface area contributed by atoms with Crippen LogP contribution in [-0.4, -0.2) is 29.0 Å². The second kappa shape index (κ2) is 4.44. The first kappa shape index (κ1) is 10.2. The second-order valence-corrected chi connectivity index (χ2v) is 3.88. The van der Waals surface area contributed by atoms with Gasteiger partial charge in [0.05, 0.1) is 18.0 Å². The number of H-pyrrole nitrogens is 1. The largest absolute Gasteiger partial charge is 0.381 e. The Morgan fingerprint density at radius 2 is 2.53 bits per heavy atom. The summed E-state index contributed by atoms with van der Waals surface area (Å²) in [4.78, 5) is 11.0. The number of nitrogens with zero attached hydrogens (tertiary/aromatic N) is 1. The van der Waals surface area contributed by atoms with E-state index in [-0.39, 0.29) is 11.7 Å². The molecule has 0 spiro atoms. The van der Waals surface area contributed by atoms with Gasteiger partial charge < -0.3 is 10.1 Å². The Labute approximate surface area is 87.8 Å². The fourth-order valence-corrected chi connectivity index (χ4v) is 1.82. The summed E-state index contributed by atoms with van der Waals surface area (Å²) >= 11 is 0. The Morgan fingerprint density at radius 3 is 3.27 bits per heavy atom. The van der Waals surface area contributed by atoms with Crippen LogP contribution in [-0.2, 0) is 4.74 Å². The van der Waals surface area contributed by atoms with Gasteiger partial charge in [0.15, 0.2) is 0 Å². The molecule has 1 saturated heterocycles. The SMILES string of the molecule is CC1CC(Nc2cn[nH]c(=O)c2)CCO1. The van der Waals surface area contributed by atoms with Gasteiger partial charge in [-0.15, -0.1) is 0 Å². The van der Waals surface area contributed by atoms with Gasteiger partial charge >= 0.3 is 0 Å². The number of aromatic nitrogens is 2. The van der Waals surface area contributed by atoms with Crippen molar-refractivity contribution in [3.8, 4) is 0 Å². The zero-order chi connectivity index (χ0) is 10.7. The molecule has 0 saturated carbocycles. The van der Waals surface area contributed by atoms with Crippen LogP contribution in [0.3, 0.4) is 0 Å². The van der Waals surface area contributed by atoms with Crippen LogP contribution >= 0.6 is 0 Å². The maximum atomic E-state index is 11.0. The van der Waals surface area contributed by atoms with Gasteiger partial charge in [-0.05, 0) is 19.8 Å². The van der Waals surface area contributed by atoms with Crippen LogP contribution in [0.5, 0.6) is 0 Å². The first-order valence-corrected chi connectivity index (χ1v) is 5.17. The summed E-state index contributed by atoms with van der Waals surface area (Å²) in [5.74, 6) is 0. The lowest BCUT2D eigenvalue weighted by Crippen LogP contribution is -2.32. The minimum atomic E-state index is -0.180. The van der Waals surface area contributed by atoms with E-state index >= 15 is 0 Å². The molecule has 1 aromatic rings. The van der Waals surface area contributed by atoms with Crippen LogP contribution in [0.1, 0.15) is 19.8 Å². The zero-order valence-electron chi connectivity index (χ0n) is 8.69. The third-order valence-corrected chi connectivity index (χ3v) is 2.52. The highest BCUT2D eigenvalue weighted by molar-refractivity contribution is 5.39. The zero-order valence-corrected chi connectivity index (χ0v) is 8.69. The van der Waals surface area contributed by atoms with E-state index in [9.17, 15) is 4.79 Å². The van der Waals surface area contributed by atoms with Crippen LogP contribution in [0, 0.1) is 0 Å². The number of hydrogen-bond acceptors (Lipinski definition) is 4. The molecule has 2 rings (SSSR count). The normalized spacial score (nSPS) is 26.2. The van der Waals surface area contributed by atoms with Crippen LogP contribution in [0.2, 0.25) is 0 Å². The number of rotatable bonds is 2. The molecule has 1 aliphatic rings. The molecule has 1 aromatic heterocycles. The minimum Gasteiger partial charge on any atom is -0.381 e. The number of aromatic amines is 1. The lowest BCUT2D eigenvalue weighted by Gasteiger charge is -2.28. The highest BCUT2D eigenvalue weighted by Crippen LogP contribution is 2.16. The van der Waals surface area contributed by atoms with E-state index in [1.54, 1.807) is 6.20 Å². The molecular weight excluding hydrogens is 194 g/mol. The van der Waals surface area contributed by atoms with Gasteiger partial charge in [0, 0.05) is 18.7 Å². The molecule has 0 aromatic carbocycles. The number of hydrogen-bond donors (Lipinski definition) is 2. The van der Waals surface area contributed by atoms with Crippen LogP contribution < -0.4 is 10.9 Å². The van der Waals surface area contributed by atoms with Gasteiger partial charge in [-0.25, -0.2) is 5.10 Å². The van der Waals surface area contributed by atoms with Crippen molar-refractivity contribution in [3.63, 3.8) is 0 Å². The molecule has 15 heavy (non-hydrogen) atoms. The second-order valence-electron chi connectivity index (χ2n) is 3.88. The standard InChI is InChI=1S/C10H15N3O2/c1-7-4-8(2-3-15-7)12-9-5-10(14)13-11-6-9/h5-8H,2-4H2,1H3,(H2,12,13,14). The van der Waals surface area contributed by atoms with Crippen molar-refractivity contribution in [2.75, 3.05) is 11.9 Å². The maximum absolute atomic E-state index is 11.0. The maximum Gasteiger partial charge on any atom is 0.266 e. The van der Waals surface area contributed by atoms with E-state index in [4.69, 9.17) is 4.74 Å². The topological polar surface area (TPSA) is 67.0 Å². The lowest BCUT2D eigenvalue weighted by atomic mass is 10.0. The molecule has 5 heteroatoms. The van der Waals surface area contributed by atoms with E-state index in [0.717, 1.165) is 25.1 Å². The van der Waals surface area contributed by atoms with Crippen molar-refractivity contribution in [1.29, 1.82) is 0 Å². The first-order chi connectivity index (χ1) is 7.24. The molecule has 2 heterocycles. The molecule has 2 N–H and O–H groups in total. The predicted octanol–water partition coefficient (Wildman–Crippen LogP) is 0.749. The van der Waals surface area contributed by atoms with E-state index < -0.39 is 0 Å². The smallest absolute Gasteiger partial charge is 0.266 e. The van der Waals surface area contributed by atoms with Crippen LogP contribution in [0.15, 0.2) is 17.1 Å². The van der Waals surface area contributed by atoms with Gasteiger partial charge in [0.1, 0.15) is 0 Å². The lowest BCUT2D eigenvalue weighted by molar-refractivity contribution is 0.0232. The molecule has 1 fully saturated rings. The molecule has 0 aliphatic carbocycles. The van der Waals surface area contributed by atoms with Crippen molar-refractivity contribution < 1.29 is 4.74 Å². The summed E-state index contributed by atoms with van der Waals surface area (Å²) in [5.41, 5.74) is 0.595. The molecule has 5 nitrogen and oxygen atoms in total. The van der Waals surface area contributed by atoms with Crippen LogP contribution in [0.4, 0.5) is 5.69 Å². The van der Waals surface area contributed by atoms with Gasteiger partial charge in [-0.2, -0.15) is 5.10 Å². The number of nitrogens with one attached hydrogen (secondary N) is 2. The summed E-state index contributed by atoms with van der Waals surface area (Å²) in [7, 11) is 0. The van der Waals surface area contributed by atoms with E-state index in [1.807, 2.05) is 0 Å². The van der Waals surface area contributed by atoms with Gasteiger partial charge in [0.2, 0.25) is 0 Å². The Morgan fingerprint density at radius 1 is 1.67 bits per heavy atom. The Kier molecular flexibility index (Phi) is 3.01. The first-order valence-electron chi connectivity index (χ1n) is 5.17. The molecule has 1 aliphatic heterocycles. The predicted molar refractivity (Wildman–Crippen MR) is 56.9 cm³/mol. The Bertz CT molecular complexity index is 377. The summed E-state index contributed by atoms with van der Waals surface area (Å²) in [6.07, 6.45) is 3.84.